The molecular formula is C20H23N3O2. The predicted octanol–water partition coefficient (Wildman–Crippen LogP) is 1.56. The number of benzene rings is 2. The van der Waals surface area contributed by atoms with Crippen molar-refractivity contribution in [2.75, 3.05) is 13.1 Å². The SMILES string of the molecule is Cc1ccc(C(=O)NCCNC(=O)C2Cc3ccccc3CN2)cc1. The molecule has 0 fully saturated rings. The molecule has 3 N–H and O–H groups in total. The Morgan fingerprint density at radius 3 is 2.44 bits per heavy atom. The summed E-state index contributed by atoms with van der Waals surface area (Å²) in [6.45, 7) is 3.51. The molecule has 1 unspecified atom stereocenters. The molecule has 5 nitrogen and oxygen atoms in total. The Kier molecular flexibility index (Phi) is 5.46. The van der Waals surface area contributed by atoms with Gasteiger partial charge in [0.05, 0.1) is 6.04 Å². The summed E-state index contributed by atoms with van der Waals surface area (Å²) >= 11 is 0. The Bertz CT molecular complexity index is 756. The molecule has 0 aliphatic carbocycles. The molecule has 3 rings (SSSR count). The van der Waals surface area contributed by atoms with Crippen molar-refractivity contribution in [1.82, 2.24) is 16.0 Å². The highest BCUT2D eigenvalue weighted by molar-refractivity contribution is 5.94. The molecule has 2 aromatic carbocycles. The Labute approximate surface area is 147 Å². The molecule has 0 spiro atoms. The number of amides is 2. The zero-order valence-electron chi connectivity index (χ0n) is 14.3. The van der Waals surface area contributed by atoms with Crippen LogP contribution >= 0.6 is 0 Å². The van der Waals surface area contributed by atoms with E-state index >= 15 is 0 Å². The summed E-state index contributed by atoms with van der Waals surface area (Å²) in [6.07, 6.45) is 0.692. The molecule has 0 saturated heterocycles. The van der Waals surface area contributed by atoms with Crippen LogP contribution < -0.4 is 16.0 Å². The van der Waals surface area contributed by atoms with Crippen LogP contribution in [0.2, 0.25) is 0 Å². The second-order valence-corrected chi connectivity index (χ2v) is 6.32. The molecule has 2 amide bonds. The van der Waals surface area contributed by atoms with E-state index in [1.165, 1.54) is 11.1 Å². The van der Waals surface area contributed by atoms with Gasteiger partial charge in [-0.2, -0.15) is 0 Å². The van der Waals surface area contributed by atoms with Crippen LogP contribution in [-0.2, 0) is 17.8 Å². The predicted molar refractivity (Wildman–Crippen MR) is 97.3 cm³/mol. The monoisotopic (exact) mass is 337 g/mol. The Morgan fingerprint density at radius 2 is 1.68 bits per heavy atom. The van der Waals surface area contributed by atoms with Crippen molar-refractivity contribution in [3.05, 3.63) is 70.8 Å². The Morgan fingerprint density at radius 1 is 1.00 bits per heavy atom. The zero-order valence-corrected chi connectivity index (χ0v) is 14.3. The number of aryl methyl sites for hydroxylation is 1. The summed E-state index contributed by atoms with van der Waals surface area (Å²) in [6, 6.07) is 15.3. The number of fused-ring (bicyclic) bond motifs is 1. The van der Waals surface area contributed by atoms with Crippen LogP contribution in [0.5, 0.6) is 0 Å². The molecule has 0 radical (unpaired) electrons. The fourth-order valence-corrected chi connectivity index (χ4v) is 2.93. The van der Waals surface area contributed by atoms with Crippen molar-refractivity contribution in [1.29, 1.82) is 0 Å². The molecule has 0 bridgehead atoms. The van der Waals surface area contributed by atoms with Crippen LogP contribution in [0.1, 0.15) is 27.0 Å². The molecule has 1 atom stereocenters. The number of carbonyl (C=O) groups is 2. The fourth-order valence-electron chi connectivity index (χ4n) is 2.93. The molecule has 2 aromatic rings. The lowest BCUT2D eigenvalue weighted by Gasteiger charge is -2.25. The van der Waals surface area contributed by atoms with Gasteiger partial charge in [-0.1, -0.05) is 42.0 Å². The van der Waals surface area contributed by atoms with E-state index in [2.05, 4.69) is 28.1 Å². The second kappa shape index (κ2) is 7.94. The number of carbonyl (C=O) groups excluding carboxylic acids is 2. The minimum Gasteiger partial charge on any atom is -0.353 e. The second-order valence-electron chi connectivity index (χ2n) is 6.32. The third kappa shape index (κ3) is 4.45. The van der Waals surface area contributed by atoms with Crippen LogP contribution in [-0.4, -0.2) is 30.9 Å². The molecule has 1 heterocycles. The zero-order chi connectivity index (χ0) is 17.6. The molecule has 1 aliphatic rings. The summed E-state index contributed by atoms with van der Waals surface area (Å²) in [4.78, 5) is 24.3. The topological polar surface area (TPSA) is 70.2 Å². The lowest BCUT2D eigenvalue weighted by molar-refractivity contribution is -0.123. The lowest BCUT2D eigenvalue weighted by atomic mass is 9.95. The van der Waals surface area contributed by atoms with Crippen LogP contribution in [0.4, 0.5) is 0 Å². The van der Waals surface area contributed by atoms with Gasteiger partial charge in [0.1, 0.15) is 0 Å². The van der Waals surface area contributed by atoms with Crippen molar-refractivity contribution in [2.24, 2.45) is 0 Å². The Hall–Kier alpha value is -2.66. The van der Waals surface area contributed by atoms with Gasteiger partial charge in [-0.15, -0.1) is 0 Å². The molecule has 1 aliphatic heterocycles. The first-order valence-electron chi connectivity index (χ1n) is 8.56. The quantitative estimate of drug-likeness (QED) is 0.725. The van der Waals surface area contributed by atoms with Gasteiger partial charge in [0.15, 0.2) is 0 Å². The third-order valence-electron chi connectivity index (χ3n) is 4.42. The molecule has 25 heavy (non-hydrogen) atoms. The van der Waals surface area contributed by atoms with Gasteiger partial charge >= 0.3 is 0 Å². The standard InChI is InChI=1S/C20H23N3O2/c1-14-6-8-15(9-7-14)19(24)21-10-11-22-20(25)18-12-16-4-2-3-5-17(16)13-23-18/h2-9,18,23H,10-13H2,1H3,(H,21,24)(H,22,25). The van der Waals surface area contributed by atoms with Crippen LogP contribution in [0, 0.1) is 6.92 Å². The average Bonchev–Trinajstić information content (AvgIpc) is 2.65. The van der Waals surface area contributed by atoms with Gasteiger partial charge < -0.3 is 16.0 Å². The largest absolute Gasteiger partial charge is 0.353 e. The normalized spacial score (nSPS) is 16.0. The molecule has 5 heteroatoms. The Balaban J connectivity index is 1.41. The highest BCUT2D eigenvalue weighted by Gasteiger charge is 2.23. The van der Waals surface area contributed by atoms with E-state index in [1.807, 2.05) is 31.2 Å². The van der Waals surface area contributed by atoms with Crippen molar-refractivity contribution < 1.29 is 9.59 Å². The number of rotatable bonds is 5. The third-order valence-corrected chi connectivity index (χ3v) is 4.42. The van der Waals surface area contributed by atoms with Crippen molar-refractivity contribution in [3.63, 3.8) is 0 Å². The fraction of sp³-hybridized carbons (Fsp3) is 0.300. The van der Waals surface area contributed by atoms with E-state index in [9.17, 15) is 9.59 Å². The first-order chi connectivity index (χ1) is 12.1. The summed E-state index contributed by atoms with van der Waals surface area (Å²) in [5.74, 6) is -0.155. The summed E-state index contributed by atoms with van der Waals surface area (Å²) in [5, 5.41) is 8.96. The number of hydrogen-bond acceptors (Lipinski definition) is 3. The summed E-state index contributed by atoms with van der Waals surface area (Å²) in [5.41, 5.74) is 4.21. The van der Waals surface area contributed by atoms with Gasteiger partial charge in [0, 0.05) is 25.2 Å². The van der Waals surface area contributed by atoms with E-state index in [4.69, 9.17) is 0 Å². The van der Waals surface area contributed by atoms with E-state index in [1.54, 1.807) is 12.1 Å². The molecular weight excluding hydrogens is 314 g/mol. The average molecular weight is 337 g/mol. The first kappa shape index (κ1) is 17.2. The molecule has 130 valence electrons. The van der Waals surface area contributed by atoms with Gasteiger partial charge in [0.25, 0.3) is 5.91 Å². The van der Waals surface area contributed by atoms with E-state index in [0.717, 1.165) is 5.56 Å². The van der Waals surface area contributed by atoms with Crippen molar-refractivity contribution in [3.8, 4) is 0 Å². The maximum absolute atomic E-state index is 12.3. The lowest BCUT2D eigenvalue weighted by Crippen LogP contribution is -2.49. The van der Waals surface area contributed by atoms with Crippen molar-refractivity contribution >= 4 is 11.8 Å². The molecule has 0 aromatic heterocycles. The van der Waals surface area contributed by atoms with Crippen LogP contribution in [0.25, 0.3) is 0 Å². The van der Waals surface area contributed by atoms with Gasteiger partial charge in [-0.25, -0.2) is 0 Å². The molecule has 0 saturated carbocycles. The minimum absolute atomic E-state index is 0.0286. The van der Waals surface area contributed by atoms with Gasteiger partial charge in [-0.05, 0) is 36.6 Å². The van der Waals surface area contributed by atoms with Gasteiger partial charge in [-0.3, -0.25) is 9.59 Å². The van der Waals surface area contributed by atoms with E-state index in [-0.39, 0.29) is 17.9 Å². The maximum Gasteiger partial charge on any atom is 0.251 e. The minimum atomic E-state index is -0.220. The van der Waals surface area contributed by atoms with Crippen LogP contribution in [0.15, 0.2) is 48.5 Å². The first-order valence-corrected chi connectivity index (χ1v) is 8.56. The number of hydrogen-bond donors (Lipinski definition) is 3. The van der Waals surface area contributed by atoms with Gasteiger partial charge in [0.2, 0.25) is 5.91 Å². The maximum atomic E-state index is 12.3. The smallest absolute Gasteiger partial charge is 0.251 e. The van der Waals surface area contributed by atoms with Crippen molar-refractivity contribution in [2.45, 2.75) is 25.9 Å². The summed E-state index contributed by atoms with van der Waals surface area (Å²) in [7, 11) is 0. The van der Waals surface area contributed by atoms with E-state index < -0.39 is 0 Å². The van der Waals surface area contributed by atoms with E-state index in [0.29, 0.717) is 31.6 Å². The van der Waals surface area contributed by atoms with Crippen LogP contribution in [0.3, 0.4) is 0 Å². The highest BCUT2D eigenvalue weighted by Crippen LogP contribution is 2.16. The highest BCUT2D eigenvalue weighted by atomic mass is 16.2. The number of nitrogens with one attached hydrogen (secondary N) is 3. The summed E-state index contributed by atoms with van der Waals surface area (Å²) < 4.78 is 0.